The number of nitrogens with two attached hydrogens (primary N) is 1. The van der Waals surface area contributed by atoms with Crippen LogP contribution in [0.5, 0.6) is 0 Å². The smallest absolute Gasteiger partial charge is 0.0569 e. The minimum atomic E-state index is 0.408. The minimum absolute atomic E-state index is 0.408. The normalized spacial score (nSPS) is 31.5. The summed E-state index contributed by atoms with van der Waals surface area (Å²) in [5.41, 5.74) is 7.48. The molecule has 0 aromatic carbocycles. The van der Waals surface area contributed by atoms with E-state index >= 15 is 0 Å². The van der Waals surface area contributed by atoms with Gasteiger partial charge >= 0.3 is 0 Å². The molecule has 0 bridgehead atoms. The van der Waals surface area contributed by atoms with Gasteiger partial charge in [-0.2, -0.15) is 0 Å². The second kappa shape index (κ2) is 5.72. The maximum Gasteiger partial charge on any atom is 0.0569 e. The number of likely N-dealkylation sites (tertiary alicyclic amines) is 1. The highest BCUT2D eigenvalue weighted by atomic mass is 32.1. The van der Waals surface area contributed by atoms with Gasteiger partial charge in [-0.15, -0.1) is 11.3 Å². The predicted octanol–water partition coefficient (Wildman–Crippen LogP) is 3.42. The lowest BCUT2D eigenvalue weighted by Gasteiger charge is -2.45. The van der Waals surface area contributed by atoms with E-state index in [0.717, 1.165) is 18.4 Å². The van der Waals surface area contributed by atoms with Gasteiger partial charge in [0.2, 0.25) is 0 Å². The standard InChI is InChI=1S/C15H26N2S/c1-10-7-12(3)13(4)17(9-10)14(8-16)15-11(2)5-6-18-15/h5-6,10,12-14H,7-9,16H2,1-4H3. The summed E-state index contributed by atoms with van der Waals surface area (Å²) in [5, 5.41) is 2.19. The summed E-state index contributed by atoms with van der Waals surface area (Å²) in [6.07, 6.45) is 1.35. The maximum absolute atomic E-state index is 6.08. The first-order valence-electron chi connectivity index (χ1n) is 7.04. The highest BCUT2D eigenvalue weighted by Crippen LogP contribution is 2.36. The number of aryl methyl sites for hydroxylation is 1. The third kappa shape index (κ3) is 2.63. The zero-order valence-electron chi connectivity index (χ0n) is 12.0. The molecular weight excluding hydrogens is 240 g/mol. The van der Waals surface area contributed by atoms with Gasteiger partial charge in [-0.3, -0.25) is 4.90 Å². The van der Waals surface area contributed by atoms with Gasteiger partial charge < -0.3 is 5.73 Å². The zero-order valence-corrected chi connectivity index (χ0v) is 12.8. The number of hydrogen-bond donors (Lipinski definition) is 1. The van der Waals surface area contributed by atoms with E-state index in [0.29, 0.717) is 12.1 Å². The highest BCUT2D eigenvalue weighted by Gasteiger charge is 2.34. The van der Waals surface area contributed by atoms with Crippen molar-refractivity contribution in [3.63, 3.8) is 0 Å². The van der Waals surface area contributed by atoms with Gasteiger partial charge in [-0.1, -0.05) is 13.8 Å². The van der Waals surface area contributed by atoms with E-state index in [1.807, 2.05) is 11.3 Å². The summed E-state index contributed by atoms with van der Waals surface area (Å²) in [7, 11) is 0. The van der Waals surface area contributed by atoms with Crippen molar-refractivity contribution in [2.45, 2.75) is 46.2 Å². The number of nitrogens with zero attached hydrogens (tertiary/aromatic N) is 1. The Labute approximate surface area is 115 Å². The monoisotopic (exact) mass is 266 g/mol. The number of rotatable bonds is 3. The predicted molar refractivity (Wildman–Crippen MR) is 80.0 cm³/mol. The Hall–Kier alpha value is -0.380. The summed E-state index contributed by atoms with van der Waals surface area (Å²) >= 11 is 1.86. The van der Waals surface area contributed by atoms with Crippen LogP contribution in [0.1, 0.15) is 43.7 Å². The van der Waals surface area contributed by atoms with Crippen molar-refractivity contribution in [3.05, 3.63) is 21.9 Å². The first-order valence-corrected chi connectivity index (χ1v) is 7.92. The highest BCUT2D eigenvalue weighted by molar-refractivity contribution is 7.10. The fourth-order valence-electron chi connectivity index (χ4n) is 3.29. The first kappa shape index (κ1) is 14.0. The van der Waals surface area contributed by atoms with Crippen molar-refractivity contribution in [1.29, 1.82) is 0 Å². The molecule has 2 rings (SSSR count). The average molecular weight is 266 g/mol. The molecular formula is C15H26N2S. The van der Waals surface area contributed by atoms with Crippen LogP contribution in [-0.2, 0) is 0 Å². The lowest BCUT2D eigenvalue weighted by molar-refractivity contribution is 0.0435. The van der Waals surface area contributed by atoms with Gasteiger partial charge in [0.05, 0.1) is 6.04 Å². The Balaban J connectivity index is 2.24. The molecule has 1 aromatic heterocycles. The van der Waals surface area contributed by atoms with E-state index in [4.69, 9.17) is 5.73 Å². The van der Waals surface area contributed by atoms with Gasteiger partial charge in [0, 0.05) is 24.0 Å². The molecule has 1 fully saturated rings. The van der Waals surface area contributed by atoms with Crippen LogP contribution in [0.2, 0.25) is 0 Å². The fraction of sp³-hybridized carbons (Fsp3) is 0.733. The third-order valence-corrected chi connectivity index (χ3v) is 5.59. The molecule has 2 N–H and O–H groups in total. The molecule has 4 atom stereocenters. The second-order valence-corrected chi connectivity index (χ2v) is 6.92. The summed E-state index contributed by atoms with van der Waals surface area (Å²) in [5.74, 6) is 1.55. The summed E-state index contributed by atoms with van der Waals surface area (Å²) in [4.78, 5) is 4.10. The Morgan fingerprint density at radius 3 is 2.72 bits per heavy atom. The topological polar surface area (TPSA) is 29.3 Å². The molecule has 4 unspecified atom stereocenters. The van der Waals surface area contributed by atoms with Gasteiger partial charge in [0.1, 0.15) is 0 Å². The molecule has 1 aromatic rings. The Morgan fingerprint density at radius 1 is 1.44 bits per heavy atom. The van der Waals surface area contributed by atoms with Crippen LogP contribution in [-0.4, -0.2) is 24.0 Å². The second-order valence-electron chi connectivity index (χ2n) is 5.97. The molecule has 1 aliphatic heterocycles. The van der Waals surface area contributed by atoms with Crippen LogP contribution in [0.3, 0.4) is 0 Å². The molecule has 3 heteroatoms. The van der Waals surface area contributed by atoms with Crippen molar-refractivity contribution < 1.29 is 0 Å². The van der Waals surface area contributed by atoms with E-state index in [-0.39, 0.29) is 0 Å². The molecule has 18 heavy (non-hydrogen) atoms. The van der Waals surface area contributed by atoms with Gasteiger partial charge in [0.25, 0.3) is 0 Å². The molecule has 0 saturated carbocycles. The lowest BCUT2D eigenvalue weighted by atomic mass is 9.84. The van der Waals surface area contributed by atoms with Crippen LogP contribution in [0, 0.1) is 18.8 Å². The Bertz CT molecular complexity index is 388. The molecule has 2 heterocycles. The van der Waals surface area contributed by atoms with Crippen LogP contribution in [0.4, 0.5) is 0 Å². The van der Waals surface area contributed by atoms with E-state index in [2.05, 4.69) is 44.0 Å². The van der Waals surface area contributed by atoms with Crippen molar-refractivity contribution in [2.75, 3.05) is 13.1 Å². The molecule has 0 aliphatic carbocycles. The van der Waals surface area contributed by atoms with Crippen LogP contribution >= 0.6 is 11.3 Å². The zero-order chi connectivity index (χ0) is 13.3. The molecule has 0 radical (unpaired) electrons. The van der Waals surface area contributed by atoms with Crippen molar-refractivity contribution in [1.82, 2.24) is 4.90 Å². The van der Waals surface area contributed by atoms with E-state index in [1.54, 1.807) is 0 Å². The molecule has 102 valence electrons. The summed E-state index contributed by atoms with van der Waals surface area (Å²) in [6, 6.07) is 3.26. The van der Waals surface area contributed by atoms with E-state index < -0.39 is 0 Å². The fourth-order valence-corrected chi connectivity index (χ4v) is 4.35. The number of piperidine rings is 1. The first-order chi connectivity index (χ1) is 8.54. The molecule has 0 spiro atoms. The van der Waals surface area contributed by atoms with E-state index in [9.17, 15) is 0 Å². The molecule has 0 amide bonds. The largest absolute Gasteiger partial charge is 0.329 e. The SMILES string of the molecule is Cc1ccsc1C(CN)N1CC(C)CC(C)C1C. The average Bonchev–Trinajstić information content (AvgIpc) is 2.73. The summed E-state index contributed by atoms with van der Waals surface area (Å²) < 4.78 is 0. The van der Waals surface area contributed by atoms with Crippen molar-refractivity contribution in [2.24, 2.45) is 17.6 Å². The Morgan fingerprint density at radius 2 is 2.17 bits per heavy atom. The van der Waals surface area contributed by atoms with Gasteiger partial charge in [-0.25, -0.2) is 0 Å². The van der Waals surface area contributed by atoms with Gasteiger partial charge in [0.15, 0.2) is 0 Å². The number of thiophene rings is 1. The van der Waals surface area contributed by atoms with Gasteiger partial charge in [-0.05, 0) is 49.1 Å². The van der Waals surface area contributed by atoms with Crippen LogP contribution in [0.15, 0.2) is 11.4 Å². The van der Waals surface area contributed by atoms with Crippen molar-refractivity contribution in [3.8, 4) is 0 Å². The summed E-state index contributed by atoms with van der Waals surface area (Å²) in [6.45, 7) is 11.2. The molecule has 1 saturated heterocycles. The van der Waals surface area contributed by atoms with Crippen molar-refractivity contribution >= 4 is 11.3 Å². The third-order valence-electron chi connectivity index (χ3n) is 4.47. The lowest BCUT2D eigenvalue weighted by Crippen LogP contribution is -2.49. The minimum Gasteiger partial charge on any atom is -0.329 e. The molecule has 2 nitrogen and oxygen atoms in total. The quantitative estimate of drug-likeness (QED) is 0.908. The van der Waals surface area contributed by atoms with Crippen LogP contribution < -0.4 is 5.73 Å². The molecule has 1 aliphatic rings. The van der Waals surface area contributed by atoms with E-state index in [1.165, 1.54) is 23.4 Å². The number of hydrogen-bond acceptors (Lipinski definition) is 3. The maximum atomic E-state index is 6.08. The van der Waals surface area contributed by atoms with Crippen LogP contribution in [0.25, 0.3) is 0 Å². The Kier molecular flexibility index (Phi) is 4.46.